The molecule has 5 rings (SSSR count). The molecule has 0 unspecified atom stereocenters. The van der Waals surface area contributed by atoms with Gasteiger partial charge in [-0.3, -0.25) is 13.9 Å². The predicted molar refractivity (Wildman–Crippen MR) is 123 cm³/mol. The lowest BCUT2D eigenvalue weighted by molar-refractivity contribution is 0.705. The van der Waals surface area contributed by atoms with Crippen molar-refractivity contribution in [2.45, 2.75) is 19.3 Å². The summed E-state index contributed by atoms with van der Waals surface area (Å²) in [5.41, 5.74) is 5.81. The standard InChI is InChI=1S/C24H25N5O2/c1-26-12-6-9-16(26)14-15-8-5-10-17-19(18-11-7-13-27(18)2)20-22(25-21(15)17)28(3)24(31)29(4)23(20)30/h6-7,9,11-14H,5,8,10H2,1-4H3/b15-14+. The average molecular weight is 415 g/mol. The average Bonchev–Trinajstić information content (AvgIpc) is 3.37. The second-order valence-corrected chi connectivity index (χ2v) is 8.29. The van der Waals surface area contributed by atoms with E-state index in [-0.39, 0.29) is 11.2 Å². The van der Waals surface area contributed by atoms with E-state index in [4.69, 9.17) is 4.98 Å². The van der Waals surface area contributed by atoms with Crippen LogP contribution in [0.2, 0.25) is 0 Å². The van der Waals surface area contributed by atoms with E-state index in [9.17, 15) is 9.59 Å². The largest absolute Gasteiger partial charge is 0.351 e. The first-order valence-corrected chi connectivity index (χ1v) is 10.4. The van der Waals surface area contributed by atoms with E-state index in [0.29, 0.717) is 11.0 Å². The number of fused-ring (bicyclic) bond motifs is 2. The Labute approximate surface area is 179 Å². The summed E-state index contributed by atoms with van der Waals surface area (Å²) in [6.45, 7) is 0. The van der Waals surface area contributed by atoms with Crippen molar-refractivity contribution >= 4 is 22.7 Å². The van der Waals surface area contributed by atoms with E-state index in [1.807, 2.05) is 49.3 Å². The van der Waals surface area contributed by atoms with Gasteiger partial charge in [0.1, 0.15) is 0 Å². The summed E-state index contributed by atoms with van der Waals surface area (Å²) < 4.78 is 6.76. The van der Waals surface area contributed by atoms with Gasteiger partial charge in [0.2, 0.25) is 0 Å². The number of hydrogen-bond acceptors (Lipinski definition) is 3. The molecule has 0 spiro atoms. The molecule has 0 amide bonds. The SMILES string of the molecule is Cn1cccc1/C=C1\CCCc2c1nc1c(c2-c2cccn2C)c(=O)n(C)c(=O)n1C. The van der Waals surface area contributed by atoms with E-state index in [2.05, 4.69) is 16.7 Å². The summed E-state index contributed by atoms with van der Waals surface area (Å²) in [5.74, 6) is 0. The molecule has 7 heteroatoms. The number of aryl methyl sites for hydroxylation is 3. The molecule has 0 saturated carbocycles. The molecule has 0 N–H and O–H groups in total. The Balaban J connectivity index is 1.95. The molecule has 0 aliphatic heterocycles. The van der Waals surface area contributed by atoms with Crippen LogP contribution >= 0.6 is 0 Å². The molecule has 4 aromatic rings. The van der Waals surface area contributed by atoms with Crippen LogP contribution in [-0.2, 0) is 34.6 Å². The van der Waals surface area contributed by atoms with Gasteiger partial charge in [0.05, 0.1) is 11.1 Å². The van der Waals surface area contributed by atoms with Crippen LogP contribution in [0.5, 0.6) is 0 Å². The minimum atomic E-state index is -0.369. The predicted octanol–water partition coefficient (Wildman–Crippen LogP) is 2.85. The number of hydrogen-bond donors (Lipinski definition) is 0. The third-order valence-electron chi connectivity index (χ3n) is 6.37. The van der Waals surface area contributed by atoms with Crippen LogP contribution in [0.15, 0.2) is 46.2 Å². The summed E-state index contributed by atoms with van der Waals surface area (Å²) >= 11 is 0. The number of aromatic nitrogens is 5. The summed E-state index contributed by atoms with van der Waals surface area (Å²) in [6, 6.07) is 8.09. The lowest BCUT2D eigenvalue weighted by Gasteiger charge is -2.24. The van der Waals surface area contributed by atoms with Crippen LogP contribution in [0.1, 0.15) is 29.8 Å². The monoisotopic (exact) mass is 415 g/mol. The quantitative estimate of drug-likeness (QED) is 0.506. The molecular formula is C24H25N5O2. The first-order chi connectivity index (χ1) is 14.9. The zero-order valence-electron chi connectivity index (χ0n) is 18.2. The third kappa shape index (κ3) is 2.84. The Morgan fingerprint density at radius 2 is 1.68 bits per heavy atom. The zero-order valence-corrected chi connectivity index (χ0v) is 18.2. The summed E-state index contributed by atoms with van der Waals surface area (Å²) in [5, 5.41) is 0.505. The Kier molecular flexibility index (Phi) is 4.36. The Bertz CT molecular complexity index is 1490. The minimum absolute atomic E-state index is 0.303. The fraction of sp³-hybridized carbons (Fsp3) is 0.292. The fourth-order valence-electron chi connectivity index (χ4n) is 4.66. The molecule has 0 radical (unpaired) electrons. The molecule has 0 aromatic carbocycles. The van der Waals surface area contributed by atoms with Crippen molar-refractivity contribution < 1.29 is 0 Å². The Morgan fingerprint density at radius 1 is 0.935 bits per heavy atom. The van der Waals surface area contributed by atoms with Gasteiger partial charge in [0, 0.05) is 57.5 Å². The normalized spacial score (nSPS) is 15.0. The summed E-state index contributed by atoms with van der Waals surface area (Å²) in [7, 11) is 7.21. The van der Waals surface area contributed by atoms with E-state index in [0.717, 1.165) is 53.0 Å². The van der Waals surface area contributed by atoms with Crippen molar-refractivity contribution in [2.24, 2.45) is 28.2 Å². The summed E-state index contributed by atoms with van der Waals surface area (Å²) in [4.78, 5) is 30.9. The fourth-order valence-corrected chi connectivity index (χ4v) is 4.66. The highest BCUT2D eigenvalue weighted by Crippen LogP contribution is 2.39. The van der Waals surface area contributed by atoms with Crippen LogP contribution in [0, 0.1) is 0 Å². The van der Waals surface area contributed by atoms with Gasteiger partial charge in [-0.15, -0.1) is 0 Å². The van der Waals surface area contributed by atoms with Gasteiger partial charge < -0.3 is 9.13 Å². The maximum absolute atomic E-state index is 13.3. The highest BCUT2D eigenvalue weighted by molar-refractivity contribution is 5.97. The number of pyridine rings is 1. The molecule has 7 nitrogen and oxygen atoms in total. The van der Waals surface area contributed by atoms with Crippen LogP contribution < -0.4 is 11.2 Å². The van der Waals surface area contributed by atoms with Gasteiger partial charge >= 0.3 is 5.69 Å². The van der Waals surface area contributed by atoms with E-state index < -0.39 is 0 Å². The molecule has 1 aliphatic rings. The van der Waals surface area contributed by atoms with Crippen molar-refractivity contribution in [3.05, 3.63) is 74.4 Å². The second-order valence-electron chi connectivity index (χ2n) is 8.29. The van der Waals surface area contributed by atoms with Crippen molar-refractivity contribution in [1.82, 2.24) is 23.3 Å². The van der Waals surface area contributed by atoms with Crippen LogP contribution in [0.4, 0.5) is 0 Å². The van der Waals surface area contributed by atoms with E-state index in [1.54, 1.807) is 7.05 Å². The maximum atomic E-state index is 13.3. The minimum Gasteiger partial charge on any atom is -0.351 e. The smallest absolute Gasteiger partial charge is 0.332 e. The lowest BCUT2D eigenvalue weighted by atomic mass is 9.86. The molecule has 158 valence electrons. The van der Waals surface area contributed by atoms with Crippen molar-refractivity contribution in [1.29, 1.82) is 0 Å². The molecule has 1 aliphatic carbocycles. The van der Waals surface area contributed by atoms with Gasteiger partial charge in [-0.05, 0) is 60.7 Å². The molecule has 0 fully saturated rings. The lowest BCUT2D eigenvalue weighted by Crippen LogP contribution is -2.38. The van der Waals surface area contributed by atoms with Gasteiger partial charge in [-0.2, -0.15) is 0 Å². The van der Waals surface area contributed by atoms with Gasteiger partial charge in [0.15, 0.2) is 5.65 Å². The third-order valence-corrected chi connectivity index (χ3v) is 6.37. The first kappa shape index (κ1) is 19.4. The number of rotatable bonds is 2. The van der Waals surface area contributed by atoms with Crippen LogP contribution in [0.3, 0.4) is 0 Å². The summed E-state index contributed by atoms with van der Waals surface area (Å²) in [6.07, 6.45) is 8.90. The van der Waals surface area contributed by atoms with Crippen LogP contribution in [0.25, 0.3) is 33.9 Å². The number of allylic oxidation sites excluding steroid dienone is 1. The van der Waals surface area contributed by atoms with Gasteiger partial charge in [-0.25, -0.2) is 9.78 Å². The molecule has 4 aromatic heterocycles. The molecule has 31 heavy (non-hydrogen) atoms. The van der Waals surface area contributed by atoms with Gasteiger partial charge in [-0.1, -0.05) is 0 Å². The topological polar surface area (TPSA) is 66.8 Å². The number of nitrogens with zero attached hydrogens (tertiary/aromatic N) is 5. The molecule has 0 bridgehead atoms. The van der Waals surface area contributed by atoms with E-state index >= 15 is 0 Å². The Hall–Kier alpha value is -3.61. The second kappa shape index (κ2) is 6.97. The molecule has 0 atom stereocenters. The first-order valence-electron chi connectivity index (χ1n) is 10.4. The highest BCUT2D eigenvalue weighted by atomic mass is 16.2. The maximum Gasteiger partial charge on any atom is 0.332 e. The molecular weight excluding hydrogens is 390 g/mol. The Morgan fingerprint density at radius 3 is 2.35 bits per heavy atom. The van der Waals surface area contributed by atoms with Crippen molar-refractivity contribution in [2.75, 3.05) is 0 Å². The highest BCUT2D eigenvalue weighted by Gasteiger charge is 2.27. The molecule has 4 heterocycles. The van der Waals surface area contributed by atoms with Gasteiger partial charge in [0.25, 0.3) is 5.56 Å². The van der Waals surface area contributed by atoms with Crippen molar-refractivity contribution in [3.8, 4) is 11.3 Å². The molecule has 0 saturated heterocycles. The van der Waals surface area contributed by atoms with Crippen LogP contribution in [-0.4, -0.2) is 23.3 Å². The van der Waals surface area contributed by atoms with Crippen molar-refractivity contribution in [3.63, 3.8) is 0 Å². The van der Waals surface area contributed by atoms with E-state index in [1.165, 1.54) is 16.2 Å². The zero-order chi connectivity index (χ0) is 21.9.